The zero-order valence-corrected chi connectivity index (χ0v) is 16.0. The third-order valence-corrected chi connectivity index (χ3v) is 3.67. The molecular weight excluding hydrogens is 344 g/mol. The van der Waals surface area contributed by atoms with Crippen molar-refractivity contribution in [2.75, 3.05) is 39.2 Å². The lowest BCUT2D eigenvalue weighted by atomic mass is 10.3. The molecule has 6 heteroatoms. The van der Waals surface area contributed by atoms with Crippen molar-refractivity contribution < 1.29 is 19.0 Å². The Kier molecular flexibility index (Phi) is 7.55. The lowest BCUT2D eigenvalue weighted by Crippen LogP contribution is -2.34. The van der Waals surface area contributed by atoms with Crippen LogP contribution in [0.1, 0.15) is 6.92 Å². The largest absolute Gasteiger partial charge is 0.497 e. The Balaban J connectivity index is 1.79. The predicted molar refractivity (Wildman–Crippen MR) is 107 cm³/mol. The van der Waals surface area contributed by atoms with Crippen LogP contribution in [0.4, 0.5) is 10.5 Å². The van der Waals surface area contributed by atoms with Gasteiger partial charge in [-0.15, -0.1) is 0 Å². The average molecular weight is 370 g/mol. The fraction of sp³-hybridized carbons (Fsp3) is 0.286. The molecule has 0 saturated heterocycles. The Morgan fingerprint density at radius 1 is 1.07 bits per heavy atom. The Hall–Kier alpha value is -3.15. The van der Waals surface area contributed by atoms with Gasteiger partial charge >= 0.3 is 6.03 Å². The Morgan fingerprint density at radius 3 is 2.44 bits per heavy atom. The molecule has 0 radical (unpaired) electrons. The van der Waals surface area contributed by atoms with E-state index < -0.39 is 0 Å². The van der Waals surface area contributed by atoms with Crippen LogP contribution in [-0.4, -0.2) is 44.8 Å². The SMILES string of the molecule is C=C(C)COc1cccc(NC(=O)N(C)CCOc2ccc(OC)cc2)c1. The van der Waals surface area contributed by atoms with Gasteiger partial charge in [-0.1, -0.05) is 12.6 Å². The molecule has 0 bridgehead atoms. The molecule has 0 aromatic heterocycles. The number of methoxy groups -OCH3 is 1. The van der Waals surface area contributed by atoms with Gasteiger partial charge in [0.05, 0.1) is 13.7 Å². The van der Waals surface area contributed by atoms with E-state index in [1.807, 2.05) is 49.4 Å². The maximum absolute atomic E-state index is 12.3. The highest BCUT2D eigenvalue weighted by atomic mass is 16.5. The summed E-state index contributed by atoms with van der Waals surface area (Å²) >= 11 is 0. The van der Waals surface area contributed by atoms with Crippen molar-refractivity contribution in [3.05, 3.63) is 60.7 Å². The highest BCUT2D eigenvalue weighted by molar-refractivity contribution is 5.89. The lowest BCUT2D eigenvalue weighted by molar-refractivity contribution is 0.207. The van der Waals surface area contributed by atoms with Gasteiger partial charge in [-0.25, -0.2) is 4.79 Å². The van der Waals surface area contributed by atoms with Gasteiger partial charge in [-0.2, -0.15) is 0 Å². The predicted octanol–water partition coefficient (Wildman–Crippen LogP) is 4.19. The third kappa shape index (κ3) is 6.93. The lowest BCUT2D eigenvalue weighted by Gasteiger charge is -2.18. The van der Waals surface area contributed by atoms with E-state index in [2.05, 4.69) is 11.9 Å². The van der Waals surface area contributed by atoms with Crippen molar-refractivity contribution >= 4 is 11.7 Å². The van der Waals surface area contributed by atoms with Crippen molar-refractivity contribution in [3.8, 4) is 17.2 Å². The van der Waals surface area contributed by atoms with Crippen LogP contribution < -0.4 is 19.5 Å². The van der Waals surface area contributed by atoms with Crippen molar-refractivity contribution in [1.82, 2.24) is 4.90 Å². The molecule has 144 valence electrons. The number of rotatable bonds is 9. The van der Waals surface area contributed by atoms with Gasteiger partial charge in [0, 0.05) is 18.8 Å². The molecule has 0 unspecified atom stereocenters. The normalized spacial score (nSPS) is 10.0. The number of carbonyl (C=O) groups excluding carboxylic acids is 1. The van der Waals surface area contributed by atoms with Crippen molar-refractivity contribution in [2.45, 2.75) is 6.92 Å². The number of nitrogens with zero attached hydrogens (tertiary/aromatic N) is 1. The van der Waals surface area contributed by atoms with Crippen LogP contribution in [0, 0.1) is 0 Å². The molecule has 0 aliphatic rings. The van der Waals surface area contributed by atoms with Crippen molar-refractivity contribution in [2.24, 2.45) is 0 Å². The molecule has 27 heavy (non-hydrogen) atoms. The Morgan fingerprint density at radius 2 is 1.78 bits per heavy atom. The maximum atomic E-state index is 12.3. The van der Waals surface area contributed by atoms with Crippen LogP contribution in [0.5, 0.6) is 17.2 Å². The first-order valence-electron chi connectivity index (χ1n) is 8.64. The minimum absolute atomic E-state index is 0.217. The zero-order valence-electron chi connectivity index (χ0n) is 16.0. The maximum Gasteiger partial charge on any atom is 0.321 e. The van der Waals surface area contributed by atoms with E-state index in [1.165, 1.54) is 0 Å². The summed E-state index contributed by atoms with van der Waals surface area (Å²) in [6, 6.07) is 14.4. The molecule has 0 atom stereocenters. The standard InChI is InChI=1S/C21H26N2O4/c1-16(2)15-27-20-7-5-6-17(14-20)22-21(24)23(3)12-13-26-19-10-8-18(25-4)9-11-19/h5-11,14H,1,12-13,15H2,2-4H3,(H,22,24). The van der Waals surface area contributed by atoms with Crippen LogP contribution in [0.3, 0.4) is 0 Å². The molecule has 0 spiro atoms. The summed E-state index contributed by atoms with van der Waals surface area (Å²) in [5.41, 5.74) is 1.60. The van der Waals surface area contributed by atoms with Gasteiger partial charge in [-0.3, -0.25) is 0 Å². The smallest absolute Gasteiger partial charge is 0.321 e. The van der Waals surface area contributed by atoms with Crippen molar-refractivity contribution in [3.63, 3.8) is 0 Å². The number of nitrogens with one attached hydrogen (secondary N) is 1. The van der Waals surface area contributed by atoms with Gasteiger partial charge < -0.3 is 24.4 Å². The van der Waals surface area contributed by atoms with Crippen LogP contribution in [0.15, 0.2) is 60.7 Å². The van der Waals surface area contributed by atoms with E-state index in [9.17, 15) is 4.79 Å². The first kappa shape index (κ1) is 20.2. The fourth-order valence-electron chi connectivity index (χ4n) is 2.16. The van der Waals surface area contributed by atoms with E-state index in [-0.39, 0.29) is 6.03 Å². The van der Waals surface area contributed by atoms with Crippen molar-refractivity contribution in [1.29, 1.82) is 0 Å². The molecule has 0 aliphatic heterocycles. The number of ether oxygens (including phenoxy) is 3. The number of hydrogen-bond donors (Lipinski definition) is 1. The van der Waals surface area contributed by atoms with E-state index in [4.69, 9.17) is 14.2 Å². The van der Waals surface area contributed by atoms with Crippen LogP contribution >= 0.6 is 0 Å². The van der Waals surface area contributed by atoms with E-state index in [0.29, 0.717) is 31.2 Å². The number of likely N-dealkylation sites (N-methyl/N-ethyl adjacent to an activating group) is 1. The first-order valence-corrected chi connectivity index (χ1v) is 8.64. The van der Waals surface area contributed by atoms with Gasteiger partial charge in [0.25, 0.3) is 0 Å². The van der Waals surface area contributed by atoms with Crippen LogP contribution in [0.25, 0.3) is 0 Å². The van der Waals surface area contributed by atoms with E-state index >= 15 is 0 Å². The second kappa shape index (κ2) is 10.1. The van der Waals surface area contributed by atoms with E-state index in [1.54, 1.807) is 25.1 Å². The topological polar surface area (TPSA) is 60.0 Å². The number of carbonyl (C=O) groups is 1. The molecule has 6 nitrogen and oxygen atoms in total. The second-order valence-corrected chi connectivity index (χ2v) is 6.15. The second-order valence-electron chi connectivity index (χ2n) is 6.15. The van der Waals surface area contributed by atoms with Gasteiger partial charge in [-0.05, 0) is 48.9 Å². The summed E-state index contributed by atoms with van der Waals surface area (Å²) in [5.74, 6) is 2.18. The minimum atomic E-state index is -0.217. The fourth-order valence-corrected chi connectivity index (χ4v) is 2.16. The molecule has 0 saturated carbocycles. The molecule has 2 amide bonds. The summed E-state index contributed by atoms with van der Waals surface area (Å²) in [7, 11) is 3.33. The molecule has 0 heterocycles. The summed E-state index contributed by atoms with van der Waals surface area (Å²) in [6.45, 7) is 6.98. The number of amides is 2. The first-order chi connectivity index (χ1) is 13.0. The van der Waals surface area contributed by atoms with E-state index in [0.717, 1.165) is 17.1 Å². The molecule has 1 N–H and O–H groups in total. The summed E-state index contributed by atoms with van der Waals surface area (Å²) < 4.78 is 16.3. The molecular formula is C21H26N2O4. The summed E-state index contributed by atoms with van der Waals surface area (Å²) in [5, 5.41) is 2.85. The third-order valence-electron chi connectivity index (χ3n) is 3.67. The Labute approximate surface area is 160 Å². The van der Waals surface area contributed by atoms with Crippen LogP contribution in [-0.2, 0) is 0 Å². The number of benzene rings is 2. The highest BCUT2D eigenvalue weighted by Gasteiger charge is 2.09. The minimum Gasteiger partial charge on any atom is -0.497 e. The summed E-state index contributed by atoms with van der Waals surface area (Å²) in [6.07, 6.45) is 0. The number of anilines is 1. The van der Waals surface area contributed by atoms with Crippen LogP contribution in [0.2, 0.25) is 0 Å². The quantitative estimate of drug-likeness (QED) is 0.672. The molecule has 2 aromatic rings. The summed E-state index contributed by atoms with van der Waals surface area (Å²) in [4.78, 5) is 13.9. The highest BCUT2D eigenvalue weighted by Crippen LogP contribution is 2.19. The Bertz CT molecular complexity index is 759. The van der Waals surface area contributed by atoms with Gasteiger partial charge in [0.2, 0.25) is 0 Å². The molecule has 2 rings (SSSR count). The number of hydrogen-bond acceptors (Lipinski definition) is 4. The number of urea groups is 1. The molecule has 0 fully saturated rings. The average Bonchev–Trinajstić information content (AvgIpc) is 2.67. The monoisotopic (exact) mass is 370 g/mol. The van der Waals surface area contributed by atoms with Gasteiger partial charge in [0.15, 0.2) is 0 Å². The zero-order chi connectivity index (χ0) is 19.6. The van der Waals surface area contributed by atoms with Gasteiger partial charge in [0.1, 0.15) is 30.5 Å². The molecule has 2 aromatic carbocycles. The molecule has 0 aliphatic carbocycles.